The SMILES string of the molecule is O=C(Nc1cc(Cl)ccc1OCC(F)(F)F)c1cnc2ccccc2n1. The number of nitrogens with zero attached hydrogens (tertiary/aromatic N) is 2. The van der Waals surface area contributed by atoms with Crippen LogP contribution in [0.5, 0.6) is 5.75 Å². The standard InChI is InChI=1S/C17H11ClF3N3O2/c18-10-5-6-15(26-9-17(19,20)21)13(7-10)24-16(25)14-8-22-11-3-1-2-4-12(11)23-14/h1-8H,9H2,(H,24,25). The molecule has 5 nitrogen and oxygen atoms in total. The monoisotopic (exact) mass is 381 g/mol. The Labute approximate surface area is 150 Å². The molecule has 0 fully saturated rings. The minimum absolute atomic E-state index is 0.00158. The summed E-state index contributed by atoms with van der Waals surface area (Å²) in [6.07, 6.45) is -3.23. The van der Waals surface area contributed by atoms with Crippen molar-refractivity contribution in [3.05, 3.63) is 59.4 Å². The number of fused-ring (bicyclic) bond motifs is 1. The smallest absolute Gasteiger partial charge is 0.422 e. The topological polar surface area (TPSA) is 64.1 Å². The van der Waals surface area contributed by atoms with Crippen LogP contribution in [-0.2, 0) is 0 Å². The number of aromatic nitrogens is 2. The van der Waals surface area contributed by atoms with Crippen LogP contribution in [-0.4, -0.2) is 28.7 Å². The van der Waals surface area contributed by atoms with Gasteiger partial charge in [-0.15, -0.1) is 0 Å². The summed E-state index contributed by atoms with van der Waals surface area (Å²) in [6, 6.07) is 10.9. The van der Waals surface area contributed by atoms with E-state index in [0.717, 1.165) is 0 Å². The highest BCUT2D eigenvalue weighted by Gasteiger charge is 2.29. The number of ether oxygens (including phenoxy) is 1. The Hall–Kier alpha value is -2.87. The van der Waals surface area contributed by atoms with E-state index < -0.39 is 18.7 Å². The molecule has 0 spiro atoms. The van der Waals surface area contributed by atoms with E-state index in [4.69, 9.17) is 16.3 Å². The molecule has 0 saturated carbocycles. The number of benzene rings is 2. The van der Waals surface area contributed by atoms with Gasteiger partial charge in [0.25, 0.3) is 5.91 Å². The fourth-order valence-electron chi connectivity index (χ4n) is 2.14. The summed E-state index contributed by atoms with van der Waals surface area (Å²) in [4.78, 5) is 20.7. The van der Waals surface area contributed by atoms with Crippen LogP contribution in [0.15, 0.2) is 48.7 Å². The summed E-state index contributed by atoms with van der Waals surface area (Å²) >= 11 is 5.86. The Balaban J connectivity index is 1.84. The quantitative estimate of drug-likeness (QED) is 0.724. The van der Waals surface area contributed by atoms with E-state index >= 15 is 0 Å². The molecule has 2 aromatic carbocycles. The summed E-state index contributed by atoms with van der Waals surface area (Å²) in [6.45, 7) is -1.49. The van der Waals surface area contributed by atoms with Gasteiger partial charge in [-0.2, -0.15) is 13.2 Å². The number of hydrogen-bond donors (Lipinski definition) is 1. The largest absolute Gasteiger partial charge is 0.482 e. The third-order valence-corrected chi connectivity index (χ3v) is 3.50. The number of hydrogen-bond acceptors (Lipinski definition) is 4. The van der Waals surface area contributed by atoms with Gasteiger partial charge >= 0.3 is 6.18 Å². The first-order chi connectivity index (χ1) is 12.3. The second kappa shape index (κ2) is 7.17. The van der Waals surface area contributed by atoms with Crippen molar-refractivity contribution in [2.75, 3.05) is 11.9 Å². The number of carbonyl (C=O) groups excluding carboxylic acids is 1. The molecule has 0 atom stereocenters. The Morgan fingerprint density at radius 1 is 1.15 bits per heavy atom. The fourth-order valence-corrected chi connectivity index (χ4v) is 2.31. The van der Waals surface area contributed by atoms with Crippen LogP contribution in [0.2, 0.25) is 5.02 Å². The van der Waals surface area contributed by atoms with E-state index in [1.165, 1.54) is 24.4 Å². The van der Waals surface area contributed by atoms with Gasteiger partial charge in [0.15, 0.2) is 6.61 Å². The zero-order valence-corrected chi connectivity index (χ0v) is 13.8. The van der Waals surface area contributed by atoms with Gasteiger partial charge in [0.2, 0.25) is 0 Å². The third kappa shape index (κ3) is 4.40. The Morgan fingerprint density at radius 2 is 1.88 bits per heavy atom. The molecule has 1 heterocycles. The van der Waals surface area contributed by atoms with Crippen LogP contribution in [0.3, 0.4) is 0 Å². The van der Waals surface area contributed by atoms with Crippen molar-refractivity contribution in [2.24, 2.45) is 0 Å². The summed E-state index contributed by atoms with van der Waals surface area (Å²) in [7, 11) is 0. The van der Waals surface area contributed by atoms with E-state index in [9.17, 15) is 18.0 Å². The lowest BCUT2D eigenvalue weighted by atomic mass is 10.2. The highest BCUT2D eigenvalue weighted by molar-refractivity contribution is 6.31. The zero-order valence-electron chi connectivity index (χ0n) is 13.0. The van der Waals surface area contributed by atoms with Gasteiger partial charge in [-0.05, 0) is 30.3 Å². The Morgan fingerprint density at radius 3 is 2.62 bits per heavy atom. The molecule has 9 heteroatoms. The maximum absolute atomic E-state index is 12.4. The van der Waals surface area contributed by atoms with Gasteiger partial charge in [0.05, 0.1) is 22.9 Å². The highest BCUT2D eigenvalue weighted by Crippen LogP contribution is 2.30. The van der Waals surface area contributed by atoms with Crippen molar-refractivity contribution in [2.45, 2.75) is 6.18 Å². The van der Waals surface area contributed by atoms with Crippen LogP contribution in [0.4, 0.5) is 18.9 Å². The predicted molar refractivity (Wildman–Crippen MR) is 90.5 cm³/mol. The maximum Gasteiger partial charge on any atom is 0.422 e. The second-order valence-electron chi connectivity index (χ2n) is 5.24. The second-order valence-corrected chi connectivity index (χ2v) is 5.68. The van der Waals surface area contributed by atoms with Gasteiger partial charge in [-0.1, -0.05) is 23.7 Å². The van der Waals surface area contributed by atoms with Gasteiger partial charge in [-0.25, -0.2) is 4.98 Å². The van der Waals surface area contributed by atoms with Crippen LogP contribution >= 0.6 is 11.6 Å². The lowest BCUT2D eigenvalue weighted by Gasteiger charge is -2.14. The summed E-state index contributed by atoms with van der Waals surface area (Å²) in [5, 5.41) is 2.68. The molecule has 0 aliphatic rings. The van der Waals surface area contributed by atoms with Gasteiger partial charge in [-0.3, -0.25) is 9.78 Å². The number of halogens is 4. The van der Waals surface area contributed by atoms with Crippen molar-refractivity contribution in [1.82, 2.24) is 9.97 Å². The molecular weight excluding hydrogens is 371 g/mol. The molecule has 1 N–H and O–H groups in total. The van der Waals surface area contributed by atoms with Gasteiger partial charge in [0, 0.05) is 5.02 Å². The van der Waals surface area contributed by atoms with E-state index in [0.29, 0.717) is 11.0 Å². The molecule has 0 aliphatic carbocycles. The first-order valence-electron chi connectivity index (χ1n) is 7.34. The van der Waals surface area contributed by atoms with E-state index in [1.807, 2.05) is 0 Å². The number of amides is 1. The van der Waals surface area contributed by atoms with Crippen molar-refractivity contribution in [1.29, 1.82) is 0 Å². The summed E-state index contributed by atoms with van der Waals surface area (Å²) in [5.74, 6) is -0.809. The molecule has 0 unspecified atom stereocenters. The minimum atomic E-state index is -4.51. The minimum Gasteiger partial charge on any atom is -0.482 e. The molecule has 0 aliphatic heterocycles. The molecule has 134 valence electrons. The number of rotatable bonds is 4. The average Bonchev–Trinajstić information content (AvgIpc) is 2.60. The first-order valence-corrected chi connectivity index (χ1v) is 7.72. The lowest BCUT2D eigenvalue weighted by Crippen LogP contribution is -2.20. The molecule has 1 aromatic heterocycles. The van der Waals surface area contributed by atoms with Gasteiger partial charge in [0.1, 0.15) is 11.4 Å². The molecule has 26 heavy (non-hydrogen) atoms. The normalized spacial score (nSPS) is 11.4. The lowest BCUT2D eigenvalue weighted by molar-refractivity contribution is -0.153. The number of anilines is 1. The Kier molecular flexibility index (Phi) is 4.94. The number of nitrogens with one attached hydrogen (secondary N) is 1. The van der Waals surface area contributed by atoms with Crippen molar-refractivity contribution < 1.29 is 22.7 Å². The third-order valence-electron chi connectivity index (χ3n) is 3.26. The van der Waals surface area contributed by atoms with Crippen molar-refractivity contribution in [3.63, 3.8) is 0 Å². The molecular formula is C17H11ClF3N3O2. The van der Waals surface area contributed by atoms with Crippen LogP contribution in [0, 0.1) is 0 Å². The van der Waals surface area contributed by atoms with E-state index in [2.05, 4.69) is 15.3 Å². The van der Waals surface area contributed by atoms with Crippen LogP contribution in [0.1, 0.15) is 10.5 Å². The number of alkyl halides is 3. The van der Waals surface area contributed by atoms with Crippen molar-refractivity contribution >= 4 is 34.2 Å². The molecule has 3 aromatic rings. The summed E-state index contributed by atoms with van der Waals surface area (Å²) in [5.41, 5.74) is 1.13. The van der Waals surface area contributed by atoms with Crippen LogP contribution < -0.4 is 10.1 Å². The highest BCUT2D eigenvalue weighted by atomic mass is 35.5. The molecule has 3 rings (SSSR count). The average molecular weight is 382 g/mol. The summed E-state index contributed by atoms with van der Waals surface area (Å²) < 4.78 is 41.8. The van der Waals surface area contributed by atoms with Crippen LogP contribution in [0.25, 0.3) is 11.0 Å². The first kappa shape index (κ1) is 17.9. The number of carbonyl (C=O) groups is 1. The van der Waals surface area contributed by atoms with Crippen molar-refractivity contribution in [3.8, 4) is 5.75 Å². The molecule has 0 saturated heterocycles. The molecule has 0 bridgehead atoms. The molecule has 0 radical (unpaired) electrons. The fraction of sp³-hybridized carbons (Fsp3) is 0.118. The maximum atomic E-state index is 12.4. The number of para-hydroxylation sites is 2. The predicted octanol–water partition coefficient (Wildman–Crippen LogP) is 4.48. The van der Waals surface area contributed by atoms with E-state index in [1.54, 1.807) is 24.3 Å². The van der Waals surface area contributed by atoms with E-state index in [-0.39, 0.29) is 22.2 Å². The van der Waals surface area contributed by atoms with Gasteiger partial charge < -0.3 is 10.1 Å². The Bertz CT molecular complexity index is 963. The zero-order chi connectivity index (χ0) is 18.7. The molecule has 1 amide bonds.